The van der Waals surface area contributed by atoms with Crippen molar-refractivity contribution in [3.63, 3.8) is 0 Å². The van der Waals surface area contributed by atoms with Crippen LogP contribution in [0.4, 0.5) is 0 Å². The van der Waals surface area contributed by atoms with Gasteiger partial charge in [0.1, 0.15) is 5.69 Å². The Labute approximate surface area is 79.7 Å². The Balaban J connectivity index is 2.84. The van der Waals surface area contributed by atoms with Crippen LogP contribution in [0.2, 0.25) is 0 Å². The average molecular weight is 193 g/mol. The van der Waals surface area contributed by atoms with Crippen LogP contribution in [0.3, 0.4) is 0 Å². The fourth-order valence-corrected chi connectivity index (χ4v) is 0.823. The number of ketones is 1. The molecule has 1 rings (SSSR count). The predicted octanol–water partition coefficient (Wildman–Crippen LogP) is 0.298. The van der Waals surface area contributed by atoms with Crippen molar-refractivity contribution in [2.45, 2.75) is 0 Å². The topological polar surface area (TPSA) is 76.4 Å². The van der Waals surface area contributed by atoms with Crippen molar-refractivity contribution in [2.24, 2.45) is 0 Å². The summed E-state index contributed by atoms with van der Waals surface area (Å²) in [7, 11) is 1.23. The summed E-state index contributed by atoms with van der Waals surface area (Å²) in [6, 6.07) is 0. The minimum absolute atomic E-state index is 0.00130. The van der Waals surface area contributed by atoms with E-state index in [0.717, 1.165) is 0 Å². The van der Waals surface area contributed by atoms with E-state index in [0.29, 0.717) is 0 Å². The Bertz CT molecular complexity index is 402. The number of aromatic amines is 1. The molecule has 0 fully saturated rings. The molecule has 0 aromatic carbocycles. The maximum absolute atomic E-state index is 11.1. The molecule has 0 radical (unpaired) electrons. The van der Waals surface area contributed by atoms with Gasteiger partial charge in [-0.1, -0.05) is 0 Å². The largest absolute Gasteiger partial charge is 0.464 e. The molecule has 0 bridgehead atoms. The Hall–Kier alpha value is -2.16. The van der Waals surface area contributed by atoms with Gasteiger partial charge in [-0.15, -0.1) is 0 Å². The van der Waals surface area contributed by atoms with Crippen LogP contribution in [0.1, 0.15) is 21.1 Å². The zero-order chi connectivity index (χ0) is 10.6. The third-order valence-electron chi connectivity index (χ3n) is 1.47. The molecule has 14 heavy (non-hydrogen) atoms. The van der Waals surface area contributed by atoms with Crippen LogP contribution in [-0.4, -0.2) is 35.4 Å². The number of methoxy groups -OCH3 is 1. The van der Waals surface area contributed by atoms with E-state index in [-0.39, 0.29) is 18.1 Å². The number of hydrogen-bond acceptors (Lipinski definition) is 4. The van der Waals surface area contributed by atoms with E-state index in [1.54, 1.807) is 0 Å². The van der Waals surface area contributed by atoms with Gasteiger partial charge in [0.05, 0.1) is 13.3 Å². The van der Waals surface area contributed by atoms with Crippen LogP contribution < -0.4 is 0 Å². The molecule has 6 nitrogen and oxygen atoms in total. The van der Waals surface area contributed by atoms with Gasteiger partial charge in [0, 0.05) is 0 Å². The zero-order valence-corrected chi connectivity index (χ0v) is 7.40. The van der Waals surface area contributed by atoms with Crippen molar-refractivity contribution in [3.8, 4) is 0 Å². The van der Waals surface area contributed by atoms with Gasteiger partial charge >= 0.3 is 5.97 Å². The molecular formula is C8H7N3O3. The van der Waals surface area contributed by atoms with Gasteiger partial charge in [-0.05, 0) is 0 Å². The van der Waals surface area contributed by atoms with Gasteiger partial charge in [-0.25, -0.2) is 16.4 Å². The number of imidazole rings is 1. The van der Waals surface area contributed by atoms with Crippen molar-refractivity contribution >= 4 is 11.8 Å². The highest BCUT2D eigenvalue weighted by atomic mass is 16.5. The van der Waals surface area contributed by atoms with Crippen molar-refractivity contribution in [1.29, 1.82) is 0 Å². The van der Waals surface area contributed by atoms with Crippen LogP contribution in [0.5, 0.6) is 0 Å². The van der Waals surface area contributed by atoms with E-state index in [9.17, 15) is 9.59 Å². The van der Waals surface area contributed by atoms with Crippen LogP contribution in [0.25, 0.3) is 4.85 Å². The monoisotopic (exact) mass is 193 g/mol. The minimum atomic E-state index is -0.598. The van der Waals surface area contributed by atoms with Gasteiger partial charge in [0.25, 0.3) is 12.3 Å². The second-order valence-electron chi connectivity index (χ2n) is 2.38. The van der Waals surface area contributed by atoms with Crippen molar-refractivity contribution in [3.05, 3.63) is 29.1 Å². The molecule has 1 aromatic rings. The lowest BCUT2D eigenvalue weighted by Gasteiger charge is -1.91. The third-order valence-corrected chi connectivity index (χ3v) is 1.47. The molecule has 0 amide bonds. The molecule has 0 aliphatic rings. The minimum Gasteiger partial charge on any atom is -0.464 e. The summed E-state index contributed by atoms with van der Waals surface area (Å²) in [6.45, 7) is 6.20. The number of esters is 1. The highest BCUT2D eigenvalue weighted by Crippen LogP contribution is 2.00. The standard InChI is InChI=1S/C8H7N3O3/c1-9-4-6(12)7-10-3-5(11-7)8(13)14-2/h3H,4H2,2H3,(H,10,11). The lowest BCUT2D eigenvalue weighted by Crippen LogP contribution is -2.06. The SMILES string of the molecule is [C-]#[N+]CC(=O)c1ncc(C(=O)OC)[nH]1. The Morgan fingerprint density at radius 2 is 2.43 bits per heavy atom. The lowest BCUT2D eigenvalue weighted by molar-refractivity contribution is 0.0594. The summed E-state index contributed by atoms with van der Waals surface area (Å²) in [4.78, 5) is 31.1. The molecule has 0 saturated heterocycles. The summed E-state index contributed by atoms with van der Waals surface area (Å²) in [5.41, 5.74) is 0.0980. The quantitative estimate of drug-likeness (QED) is 0.425. The van der Waals surface area contributed by atoms with E-state index in [4.69, 9.17) is 6.57 Å². The highest BCUT2D eigenvalue weighted by molar-refractivity contribution is 5.96. The first-order valence-corrected chi connectivity index (χ1v) is 3.68. The summed E-state index contributed by atoms with van der Waals surface area (Å²) in [5, 5.41) is 0. The third kappa shape index (κ3) is 1.95. The van der Waals surface area contributed by atoms with Crippen LogP contribution in [-0.2, 0) is 4.74 Å². The summed E-state index contributed by atoms with van der Waals surface area (Å²) < 4.78 is 4.41. The number of carbonyl (C=O) groups excluding carboxylic acids is 2. The number of nitrogens with one attached hydrogen (secondary N) is 1. The Morgan fingerprint density at radius 1 is 1.71 bits per heavy atom. The molecule has 0 aliphatic carbocycles. The molecule has 6 heteroatoms. The maximum atomic E-state index is 11.1. The maximum Gasteiger partial charge on any atom is 0.356 e. The molecule has 0 spiro atoms. The first-order chi connectivity index (χ1) is 6.69. The second kappa shape index (κ2) is 4.18. The van der Waals surface area contributed by atoms with Gasteiger partial charge in [-0.2, -0.15) is 0 Å². The first-order valence-electron chi connectivity index (χ1n) is 3.68. The zero-order valence-electron chi connectivity index (χ0n) is 7.40. The normalized spacial score (nSPS) is 9.14. The van der Waals surface area contributed by atoms with Crippen molar-refractivity contribution < 1.29 is 14.3 Å². The van der Waals surface area contributed by atoms with Gasteiger partial charge in [0.15, 0.2) is 5.82 Å². The number of hydrogen-bond donors (Lipinski definition) is 1. The van der Waals surface area contributed by atoms with Crippen LogP contribution >= 0.6 is 0 Å². The highest BCUT2D eigenvalue weighted by Gasteiger charge is 2.15. The summed E-state index contributed by atoms with van der Waals surface area (Å²) in [5.74, 6) is -1.05. The molecule has 1 heterocycles. The number of aromatic nitrogens is 2. The van der Waals surface area contributed by atoms with E-state index < -0.39 is 11.8 Å². The summed E-state index contributed by atoms with van der Waals surface area (Å²) >= 11 is 0. The van der Waals surface area contributed by atoms with Gasteiger partial charge in [-0.3, -0.25) is 4.79 Å². The fourth-order valence-electron chi connectivity index (χ4n) is 0.823. The van der Waals surface area contributed by atoms with Crippen molar-refractivity contribution in [2.75, 3.05) is 13.7 Å². The van der Waals surface area contributed by atoms with E-state index >= 15 is 0 Å². The van der Waals surface area contributed by atoms with Gasteiger partial charge < -0.3 is 14.6 Å². The lowest BCUT2D eigenvalue weighted by atomic mass is 10.4. The molecule has 1 N–H and O–H groups in total. The number of nitrogens with zero attached hydrogens (tertiary/aromatic N) is 2. The van der Waals surface area contributed by atoms with Crippen LogP contribution in [0.15, 0.2) is 6.20 Å². The molecule has 0 aliphatic heterocycles. The van der Waals surface area contributed by atoms with E-state index in [2.05, 4.69) is 19.5 Å². The predicted molar refractivity (Wildman–Crippen MR) is 45.7 cm³/mol. The molecule has 0 unspecified atom stereocenters. The number of rotatable bonds is 3. The molecule has 72 valence electrons. The van der Waals surface area contributed by atoms with Gasteiger partial charge in [0.2, 0.25) is 0 Å². The Kier molecular flexibility index (Phi) is 2.97. The van der Waals surface area contributed by atoms with Crippen molar-refractivity contribution in [1.82, 2.24) is 9.97 Å². The average Bonchev–Trinajstić information content (AvgIpc) is 2.66. The number of ether oxygens (including phenoxy) is 1. The summed E-state index contributed by atoms with van der Waals surface area (Å²) in [6.07, 6.45) is 1.20. The second-order valence-corrected chi connectivity index (χ2v) is 2.38. The van der Waals surface area contributed by atoms with E-state index in [1.165, 1.54) is 13.3 Å². The Morgan fingerprint density at radius 3 is 3.00 bits per heavy atom. The fraction of sp³-hybridized carbons (Fsp3) is 0.250. The first kappa shape index (κ1) is 9.92. The smallest absolute Gasteiger partial charge is 0.356 e. The number of carbonyl (C=O) groups is 2. The molecule has 1 aromatic heterocycles. The van der Waals surface area contributed by atoms with Crippen LogP contribution in [0, 0.1) is 6.57 Å². The molecular weight excluding hydrogens is 186 g/mol. The number of H-pyrrole nitrogens is 1. The van der Waals surface area contributed by atoms with E-state index in [1.807, 2.05) is 0 Å². The molecule has 0 saturated carbocycles. The number of Topliss-reactive ketones (excluding diaryl/α,β-unsaturated/α-hetero) is 1. The molecule has 0 atom stereocenters.